The fraction of sp³-hybridized carbons (Fsp3) is 0.478. The zero-order valence-corrected chi connectivity index (χ0v) is 16.4. The van der Waals surface area contributed by atoms with Crippen molar-refractivity contribution in [2.75, 3.05) is 0 Å². The van der Waals surface area contributed by atoms with Crippen molar-refractivity contribution >= 4 is 11.8 Å². The van der Waals surface area contributed by atoms with Crippen molar-refractivity contribution in [1.29, 1.82) is 0 Å². The van der Waals surface area contributed by atoms with Crippen LogP contribution in [0.5, 0.6) is 0 Å². The highest BCUT2D eigenvalue weighted by atomic mass is 19.1. The zero-order chi connectivity index (χ0) is 21.2. The number of hydrogen-bond donors (Lipinski definition) is 3. The molecule has 0 saturated heterocycles. The summed E-state index contributed by atoms with van der Waals surface area (Å²) in [5.74, 6) is -1.83. The van der Waals surface area contributed by atoms with Crippen molar-refractivity contribution < 1.29 is 29.3 Å². The maximum atomic E-state index is 12.9. The summed E-state index contributed by atoms with van der Waals surface area (Å²) in [7, 11) is 0. The monoisotopic (exact) mass is 404 g/mol. The summed E-state index contributed by atoms with van der Waals surface area (Å²) in [6.45, 7) is 0. The smallest absolute Gasteiger partial charge is 0.303 e. The first-order valence-electron chi connectivity index (χ1n) is 10.0. The maximum absolute atomic E-state index is 12.9. The number of carbonyl (C=O) groups excluding carboxylic acids is 1. The Morgan fingerprint density at radius 3 is 2.66 bits per heavy atom. The van der Waals surface area contributed by atoms with Crippen LogP contribution in [0.15, 0.2) is 48.6 Å². The number of aliphatic hydroxyl groups excluding tert-OH is 2. The van der Waals surface area contributed by atoms with Crippen LogP contribution in [-0.2, 0) is 16.0 Å². The molecule has 1 fully saturated rings. The Bertz CT molecular complexity index is 725. The van der Waals surface area contributed by atoms with Crippen molar-refractivity contribution in [1.82, 2.24) is 0 Å². The van der Waals surface area contributed by atoms with Crippen LogP contribution in [0.4, 0.5) is 4.39 Å². The molecular formula is C23H29FO5. The quantitative estimate of drug-likeness (QED) is 0.388. The van der Waals surface area contributed by atoms with Crippen LogP contribution in [0, 0.1) is 17.7 Å². The Morgan fingerprint density at radius 1 is 1.24 bits per heavy atom. The number of aliphatic hydroxyl groups is 2. The first-order chi connectivity index (χ1) is 13.9. The van der Waals surface area contributed by atoms with Gasteiger partial charge >= 0.3 is 5.97 Å². The largest absolute Gasteiger partial charge is 0.481 e. The topological polar surface area (TPSA) is 94.8 Å². The Labute approximate surface area is 170 Å². The fourth-order valence-corrected chi connectivity index (χ4v) is 3.58. The van der Waals surface area contributed by atoms with Crippen molar-refractivity contribution in [2.24, 2.45) is 11.8 Å². The maximum Gasteiger partial charge on any atom is 0.303 e. The van der Waals surface area contributed by atoms with Gasteiger partial charge < -0.3 is 15.3 Å². The van der Waals surface area contributed by atoms with E-state index < -0.39 is 24.1 Å². The van der Waals surface area contributed by atoms with Crippen LogP contribution in [0.25, 0.3) is 0 Å². The summed E-state index contributed by atoms with van der Waals surface area (Å²) in [4.78, 5) is 22.7. The molecule has 0 radical (unpaired) electrons. The van der Waals surface area contributed by atoms with Crippen LogP contribution in [-0.4, -0.2) is 39.3 Å². The number of carboxylic acids is 1. The minimum atomic E-state index is -0.821. The summed E-state index contributed by atoms with van der Waals surface area (Å²) >= 11 is 0. The molecule has 6 heteroatoms. The van der Waals surface area contributed by atoms with Crippen molar-refractivity contribution in [3.8, 4) is 0 Å². The molecular weight excluding hydrogens is 375 g/mol. The summed E-state index contributed by atoms with van der Waals surface area (Å²) < 4.78 is 12.9. The van der Waals surface area contributed by atoms with Crippen LogP contribution in [0.2, 0.25) is 0 Å². The Hall–Kier alpha value is -2.31. The highest BCUT2D eigenvalue weighted by molar-refractivity contribution is 5.86. The van der Waals surface area contributed by atoms with E-state index in [1.165, 1.54) is 12.1 Å². The van der Waals surface area contributed by atoms with Gasteiger partial charge in [-0.3, -0.25) is 9.59 Å². The number of ketones is 1. The van der Waals surface area contributed by atoms with Gasteiger partial charge in [0.05, 0.1) is 12.2 Å². The molecule has 0 spiro atoms. The molecule has 4 atom stereocenters. The predicted molar refractivity (Wildman–Crippen MR) is 108 cm³/mol. The van der Waals surface area contributed by atoms with E-state index >= 15 is 0 Å². The van der Waals surface area contributed by atoms with E-state index in [9.17, 15) is 24.2 Å². The Kier molecular flexibility index (Phi) is 9.22. The van der Waals surface area contributed by atoms with E-state index in [0.717, 1.165) is 5.56 Å². The lowest BCUT2D eigenvalue weighted by Crippen LogP contribution is -2.19. The molecule has 158 valence electrons. The Morgan fingerprint density at radius 2 is 1.97 bits per heavy atom. The van der Waals surface area contributed by atoms with Gasteiger partial charge in [0, 0.05) is 24.7 Å². The lowest BCUT2D eigenvalue weighted by molar-refractivity contribution is -0.137. The minimum Gasteiger partial charge on any atom is -0.481 e. The van der Waals surface area contributed by atoms with Gasteiger partial charge in [0.1, 0.15) is 11.6 Å². The van der Waals surface area contributed by atoms with E-state index in [1.54, 1.807) is 24.3 Å². The lowest BCUT2D eigenvalue weighted by atomic mass is 9.90. The molecule has 0 aliphatic heterocycles. The van der Waals surface area contributed by atoms with Gasteiger partial charge in [-0.25, -0.2) is 4.39 Å². The number of carboxylic acid groups (broad SMARTS) is 1. The van der Waals surface area contributed by atoms with Gasteiger partial charge in [0.25, 0.3) is 0 Å². The number of carbonyl (C=O) groups is 2. The van der Waals surface area contributed by atoms with E-state index in [0.29, 0.717) is 32.1 Å². The third-order valence-corrected chi connectivity index (χ3v) is 5.26. The minimum absolute atomic E-state index is 0.0382. The molecule has 0 heterocycles. The molecule has 1 aliphatic carbocycles. The molecule has 29 heavy (non-hydrogen) atoms. The van der Waals surface area contributed by atoms with Crippen LogP contribution < -0.4 is 0 Å². The number of rotatable bonds is 11. The second-order valence-corrected chi connectivity index (χ2v) is 7.54. The number of halogens is 1. The highest BCUT2D eigenvalue weighted by Gasteiger charge is 2.39. The van der Waals surface area contributed by atoms with Gasteiger partial charge in [0.2, 0.25) is 0 Å². The van der Waals surface area contributed by atoms with E-state index in [-0.39, 0.29) is 30.4 Å². The third kappa shape index (κ3) is 7.91. The number of hydrogen-bond acceptors (Lipinski definition) is 4. The number of allylic oxidation sites excluding steroid dienone is 3. The number of unbranched alkanes of at least 4 members (excludes halogenated alkanes) is 1. The normalized spacial score (nSPS) is 23.3. The summed E-state index contributed by atoms with van der Waals surface area (Å²) in [6, 6.07) is 6.13. The molecule has 1 aromatic rings. The van der Waals surface area contributed by atoms with Gasteiger partial charge in [-0.1, -0.05) is 36.4 Å². The summed E-state index contributed by atoms with van der Waals surface area (Å²) in [5, 5.41) is 29.0. The van der Waals surface area contributed by atoms with Crippen molar-refractivity contribution in [3.63, 3.8) is 0 Å². The molecule has 0 aromatic heterocycles. The van der Waals surface area contributed by atoms with E-state index in [4.69, 9.17) is 5.11 Å². The summed E-state index contributed by atoms with van der Waals surface area (Å²) in [6.07, 6.45) is 8.65. The zero-order valence-electron chi connectivity index (χ0n) is 16.4. The third-order valence-electron chi connectivity index (χ3n) is 5.26. The highest BCUT2D eigenvalue weighted by Crippen LogP contribution is 2.33. The number of aryl methyl sites for hydroxylation is 1. The molecule has 1 saturated carbocycles. The van der Waals surface area contributed by atoms with Gasteiger partial charge in [-0.05, 0) is 49.8 Å². The molecule has 5 nitrogen and oxygen atoms in total. The molecule has 0 unspecified atom stereocenters. The average molecular weight is 404 g/mol. The Balaban J connectivity index is 1.83. The van der Waals surface area contributed by atoms with Crippen molar-refractivity contribution in [2.45, 2.75) is 57.2 Å². The van der Waals surface area contributed by atoms with E-state index in [2.05, 4.69) is 0 Å². The first-order valence-corrected chi connectivity index (χ1v) is 10.0. The van der Waals surface area contributed by atoms with Crippen LogP contribution in [0.3, 0.4) is 0 Å². The first kappa shape index (κ1) is 23.0. The fourth-order valence-electron chi connectivity index (χ4n) is 3.58. The van der Waals surface area contributed by atoms with Gasteiger partial charge in [0.15, 0.2) is 0 Å². The SMILES string of the molecule is O=C(O)CCCC=CC[C@H]1[C@@H](O)CC(=O)[C@@H]1C=C[C@H](O)CCc1ccc(F)cc1. The van der Waals surface area contributed by atoms with Crippen LogP contribution >= 0.6 is 0 Å². The van der Waals surface area contributed by atoms with Gasteiger partial charge in [-0.2, -0.15) is 0 Å². The molecule has 0 amide bonds. The number of aliphatic carboxylic acids is 1. The van der Waals surface area contributed by atoms with Gasteiger partial charge in [-0.15, -0.1) is 0 Å². The van der Waals surface area contributed by atoms with E-state index in [1.807, 2.05) is 12.2 Å². The molecule has 1 aliphatic rings. The predicted octanol–water partition coefficient (Wildman–Crippen LogP) is 3.44. The number of Topliss-reactive ketones (excluding diaryl/α,β-unsaturated/α-hetero) is 1. The second kappa shape index (κ2) is 11.6. The molecule has 1 aromatic carbocycles. The lowest BCUT2D eigenvalue weighted by Gasteiger charge is -2.17. The molecule has 3 N–H and O–H groups in total. The van der Waals surface area contributed by atoms with Crippen molar-refractivity contribution in [3.05, 3.63) is 60.0 Å². The second-order valence-electron chi connectivity index (χ2n) is 7.54. The van der Waals surface area contributed by atoms with Crippen LogP contribution in [0.1, 0.15) is 44.1 Å². The summed E-state index contributed by atoms with van der Waals surface area (Å²) in [5.41, 5.74) is 0.928. The number of benzene rings is 1. The molecule has 2 rings (SSSR count). The standard InChI is InChI=1S/C23H29FO5/c24-17-10-7-16(8-11-17)9-12-18(25)13-14-20-19(21(26)15-22(20)27)5-3-1-2-4-6-23(28)29/h1,3,7-8,10-11,13-14,18-21,25-26H,2,4-6,9,12,15H2,(H,28,29)/t18-,19-,20-,21+/m1/s1. The molecule has 0 bridgehead atoms. The average Bonchev–Trinajstić information content (AvgIpc) is 2.94.